The molecule has 0 radical (unpaired) electrons. The first kappa shape index (κ1) is 14.5. The molecule has 110 valence electrons. The first-order valence-corrected chi connectivity index (χ1v) is 8.59. The molecular formula is C16H19N3S2. The van der Waals surface area contributed by atoms with Crippen LogP contribution in [-0.4, -0.2) is 9.97 Å². The molecule has 0 aromatic carbocycles. The molecule has 0 aliphatic heterocycles. The second kappa shape index (κ2) is 6.12. The number of nitrogens with two attached hydrogens (primary N) is 1. The van der Waals surface area contributed by atoms with Gasteiger partial charge < -0.3 is 11.1 Å². The van der Waals surface area contributed by atoms with Crippen LogP contribution >= 0.6 is 23.6 Å². The Bertz CT molecular complexity index is 676. The van der Waals surface area contributed by atoms with E-state index in [-0.39, 0.29) is 0 Å². The summed E-state index contributed by atoms with van der Waals surface area (Å²) in [4.78, 5) is 6.53. The van der Waals surface area contributed by atoms with Crippen LogP contribution in [0, 0.1) is 0 Å². The summed E-state index contributed by atoms with van der Waals surface area (Å²) < 4.78 is 0. The number of aromatic nitrogens is 1. The predicted octanol–water partition coefficient (Wildman–Crippen LogP) is 3.44. The van der Waals surface area contributed by atoms with E-state index in [1.165, 1.54) is 28.1 Å². The Balaban J connectivity index is 1.86. The number of nitrogens with zero attached hydrogens (tertiary/aromatic N) is 1. The fraction of sp³-hybridized carbons (Fsp3) is 0.375. The van der Waals surface area contributed by atoms with Crippen LogP contribution in [0.3, 0.4) is 0 Å². The number of anilines is 1. The Hall–Kier alpha value is -1.46. The molecule has 0 fully saturated rings. The van der Waals surface area contributed by atoms with E-state index >= 15 is 0 Å². The van der Waals surface area contributed by atoms with Gasteiger partial charge in [0.05, 0.1) is 12.1 Å². The van der Waals surface area contributed by atoms with Crippen LogP contribution in [0.25, 0.3) is 0 Å². The van der Waals surface area contributed by atoms with Crippen LogP contribution in [-0.2, 0) is 25.8 Å². The summed E-state index contributed by atoms with van der Waals surface area (Å²) in [6.45, 7) is 2.96. The number of rotatable bonds is 5. The fourth-order valence-electron chi connectivity index (χ4n) is 2.80. The Morgan fingerprint density at radius 3 is 3.10 bits per heavy atom. The molecule has 0 bridgehead atoms. The summed E-state index contributed by atoms with van der Waals surface area (Å²) >= 11 is 6.96. The average molecular weight is 317 g/mol. The molecule has 0 amide bonds. The van der Waals surface area contributed by atoms with Crippen LogP contribution in [0.4, 0.5) is 5.82 Å². The smallest absolute Gasteiger partial charge is 0.136 e. The quantitative estimate of drug-likeness (QED) is 0.830. The number of hydrogen-bond acceptors (Lipinski definition) is 4. The molecule has 1 aliphatic rings. The third kappa shape index (κ3) is 2.94. The summed E-state index contributed by atoms with van der Waals surface area (Å²) in [5.41, 5.74) is 10.6. The lowest BCUT2D eigenvalue weighted by molar-refractivity contribution is 0.899. The summed E-state index contributed by atoms with van der Waals surface area (Å²) in [7, 11) is 0. The second-order valence-electron chi connectivity index (χ2n) is 5.28. The molecule has 3 N–H and O–H groups in total. The number of fused-ring (bicyclic) bond motifs is 1. The zero-order valence-electron chi connectivity index (χ0n) is 12.1. The molecule has 2 aromatic heterocycles. The number of hydrogen-bond donors (Lipinski definition) is 2. The van der Waals surface area contributed by atoms with Gasteiger partial charge in [0.25, 0.3) is 0 Å². The molecule has 2 heterocycles. The monoisotopic (exact) mass is 317 g/mol. The van der Waals surface area contributed by atoms with Gasteiger partial charge >= 0.3 is 0 Å². The minimum Gasteiger partial charge on any atom is -0.389 e. The van der Waals surface area contributed by atoms with E-state index < -0.39 is 0 Å². The maximum atomic E-state index is 5.87. The van der Waals surface area contributed by atoms with Gasteiger partial charge in [-0.15, -0.1) is 11.3 Å². The van der Waals surface area contributed by atoms with Crippen LogP contribution in [0.5, 0.6) is 0 Å². The van der Waals surface area contributed by atoms with Gasteiger partial charge in [-0.3, -0.25) is 0 Å². The Morgan fingerprint density at radius 2 is 2.33 bits per heavy atom. The van der Waals surface area contributed by atoms with Gasteiger partial charge in [-0.25, -0.2) is 4.98 Å². The van der Waals surface area contributed by atoms with Crippen molar-refractivity contribution in [3.05, 3.63) is 44.8 Å². The van der Waals surface area contributed by atoms with Crippen LogP contribution in [0.2, 0.25) is 0 Å². The topological polar surface area (TPSA) is 50.9 Å². The maximum Gasteiger partial charge on any atom is 0.136 e. The van der Waals surface area contributed by atoms with Gasteiger partial charge in [-0.1, -0.05) is 19.1 Å². The molecule has 3 rings (SSSR count). The van der Waals surface area contributed by atoms with Crippen molar-refractivity contribution >= 4 is 34.4 Å². The summed E-state index contributed by atoms with van der Waals surface area (Å²) in [6, 6.07) is 4.31. The number of aryl methyl sites for hydroxylation is 3. The molecule has 0 saturated heterocycles. The zero-order chi connectivity index (χ0) is 14.8. The molecule has 2 aromatic rings. The van der Waals surface area contributed by atoms with Crippen molar-refractivity contribution in [2.24, 2.45) is 5.73 Å². The maximum absolute atomic E-state index is 5.87. The highest BCUT2D eigenvalue weighted by Gasteiger charge is 2.17. The highest BCUT2D eigenvalue weighted by Crippen LogP contribution is 2.26. The highest BCUT2D eigenvalue weighted by atomic mass is 32.1. The number of nitrogens with one attached hydrogen (secondary N) is 1. The molecule has 0 unspecified atom stereocenters. The number of thiocarbonyl (C=S) groups is 1. The third-order valence-corrected chi connectivity index (χ3v) is 5.13. The van der Waals surface area contributed by atoms with Crippen molar-refractivity contribution in [3.63, 3.8) is 0 Å². The van der Waals surface area contributed by atoms with E-state index in [9.17, 15) is 0 Å². The van der Waals surface area contributed by atoms with Crippen LogP contribution in [0.15, 0.2) is 17.5 Å². The van der Waals surface area contributed by atoms with Gasteiger partial charge in [-0.05, 0) is 54.3 Å². The second-order valence-corrected chi connectivity index (χ2v) is 6.72. The molecule has 0 atom stereocenters. The number of pyridine rings is 1. The molecule has 0 saturated carbocycles. The van der Waals surface area contributed by atoms with E-state index in [1.54, 1.807) is 11.3 Å². The Labute approximate surface area is 134 Å². The molecule has 3 nitrogen and oxygen atoms in total. The number of thiophene rings is 1. The predicted molar refractivity (Wildman–Crippen MR) is 93.2 cm³/mol. The zero-order valence-corrected chi connectivity index (χ0v) is 13.7. The molecule has 0 spiro atoms. The molecule has 1 aliphatic carbocycles. The lowest BCUT2D eigenvalue weighted by Crippen LogP contribution is -2.15. The van der Waals surface area contributed by atoms with Gasteiger partial charge in [0.2, 0.25) is 0 Å². The summed E-state index contributed by atoms with van der Waals surface area (Å²) in [6.07, 6.45) is 4.37. The van der Waals surface area contributed by atoms with Crippen LogP contribution in [0.1, 0.15) is 40.6 Å². The van der Waals surface area contributed by atoms with Crippen molar-refractivity contribution in [3.8, 4) is 0 Å². The van der Waals surface area contributed by atoms with E-state index in [4.69, 9.17) is 22.9 Å². The Morgan fingerprint density at radius 1 is 1.48 bits per heavy atom. The van der Waals surface area contributed by atoms with Crippen molar-refractivity contribution in [1.29, 1.82) is 0 Å². The van der Waals surface area contributed by atoms with Gasteiger partial charge in [-0.2, -0.15) is 0 Å². The largest absolute Gasteiger partial charge is 0.389 e. The lowest BCUT2D eigenvalue weighted by atomic mass is 10.1. The first-order valence-electron chi connectivity index (χ1n) is 7.30. The van der Waals surface area contributed by atoms with Gasteiger partial charge in [0.15, 0.2) is 0 Å². The SMILES string of the molecule is CCc1ccsc1CNc1nc2c(cc1C(N)=S)CCC2. The van der Waals surface area contributed by atoms with E-state index in [2.05, 4.69) is 29.8 Å². The van der Waals surface area contributed by atoms with Crippen LogP contribution < -0.4 is 11.1 Å². The Kier molecular flexibility index (Phi) is 4.22. The first-order chi connectivity index (χ1) is 10.2. The minimum atomic E-state index is 0.418. The summed E-state index contributed by atoms with van der Waals surface area (Å²) in [5.74, 6) is 0.832. The molecule has 21 heavy (non-hydrogen) atoms. The van der Waals surface area contributed by atoms with Crippen molar-refractivity contribution in [2.45, 2.75) is 39.2 Å². The normalized spacial score (nSPS) is 13.2. The van der Waals surface area contributed by atoms with Crippen molar-refractivity contribution in [2.75, 3.05) is 5.32 Å². The minimum absolute atomic E-state index is 0.418. The average Bonchev–Trinajstić information content (AvgIpc) is 3.11. The fourth-order valence-corrected chi connectivity index (χ4v) is 3.87. The lowest BCUT2D eigenvalue weighted by Gasteiger charge is -2.13. The summed E-state index contributed by atoms with van der Waals surface area (Å²) in [5, 5.41) is 5.57. The molecule has 5 heteroatoms. The highest BCUT2D eigenvalue weighted by molar-refractivity contribution is 7.80. The van der Waals surface area contributed by atoms with Gasteiger partial charge in [0.1, 0.15) is 10.8 Å². The van der Waals surface area contributed by atoms with Crippen molar-refractivity contribution in [1.82, 2.24) is 4.98 Å². The molecular weight excluding hydrogens is 298 g/mol. The van der Waals surface area contributed by atoms with E-state index in [0.29, 0.717) is 4.99 Å². The third-order valence-electron chi connectivity index (χ3n) is 3.95. The standard InChI is InChI=1S/C16H19N3S2/c1-2-10-6-7-21-14(10)9-18-16-12(15(17)20)8-11-4-3-5-13(11)19-16/h6-8H,2-5,9H2,1H3,(H2,17,20)(H,18,19). The van der Waals surface area contributed by atoms with Crippen molar-refractivity contribution < 1.29 is 0 Å². The van der Waals surface area contributed by atoms with Gasteiger partial charge in [0, 0.05) is 10.6 Å². The van der Waals surface area contributed by atoms with E-state index in [1.807, 2.05) is 0 Å². The van der Waals surface area contributed by atoms with E-state index in [0.717, 1.165) is 37.2 Å².